The minimum atomic E-state index is -1.40. The van der Waals surface area contributed by atoms with Crippen molar-refractivity contribution < 1.29 is 67.4 Å². The van der Waals surface area contributed by atoms with Crippen molar-refractivity contribution in [2.75, 3.05) is 27.0 Å². The quantitative estimate of drug-likeness (QED) is 0.0385. The Labute approximate surface area is 548 Å². The number of ether oxygens (including phenoxy) is 5. The number of carbonyl (C=O) groups is 4. The zero-order chi connectivity index (χ0) is 60.1. The number of nitrogens with one attached hydrogen (secondary N) is 1. The molecule has 0 amide bonds. The number of benzene rings is 6. The molecule has 2 N–H and O–H groups in total. The number of ketones is 1. The van der Waals surface area contributed by atoms with E-state index in [4.69, 9.17) is 80.9 Å². The molecule has 6 aromatic carbocycles. The molecule has 5 atom stereocenters. The van der Waals surface area contributed by atoms with Gasteiger partial charge in [0.15, 0.2) is 17.3 Å². The number of hydrogen-bond acceptors (Lipinski definition) is 10. The normalized spacial score (nSPS) is 18.9. The molecule has 17 heteroatoms. The van der Waals surface area contributed by atoms with E-state index in [-0.39, 0.29) is 106 Å². The van der Waals surface area contributed by atoms with Crippen molar-refractivity contribution in [2.45, 2.75) is 129 Å². The summed E-state index contributed by atoms with van der Waals surface area (Å²) < 4.78 is 27.1. The van der Waals surface area contributed by atoms with Crippen molar-refractivity contribution in [3.05, 3.63) is 243 Å². The van der Waals surface area contributed by atoms with E-state index >= 15 is 0 Å². The molecular weight excluding hydrogens is 1270 g/mol. The van der Waals surface area contributed by atoms with Crippen LogP contribution in [-0.2, 0) is 61.1 Å². The predicted molar refractivity (Wildman–Crippen MR) is 348 cm³/mol. The molecule has 467 valence electrons. The Hall–Kier alpha value is -5.86. The molecule has 0 unspecified atom stereocenters. The zero-order valence-corrected chi connectivity index (χ0v) is 53.6. The summed E-state index contributed by atoms with van der Waals surface area (Å²) in [6.45, 7) is 17.2. The van der Waals surface area contributed by atoms with Crippen LogP contribution in [0.15, 0.2) is 164 Å². The van der Waals surface area contributed by atoms with Crippen LogP contribution in [0.4, 0.5) is 0 Å². The maximum atomic E-state index is 13.0. The number of carboxylic acid groups (broad SMARTS) is 1. The summed E-state index contributed by atoms with van der Waals surface area (Å²) in [5, 5.41) is 9.13. The molecule has 1 aliphatic carbocycles. The van der Waals surface area contributed by atoms with Gasteiger partial charge in [0.2, 0.25) is 18.2 Å². The van der Waals surface area contributed by atoms with Gasteiger partial charge in [-0.2, -0.15) is 5.92 Å². The van der Waals surface area contributed by atoms with Gasteiger partial charge in [-0.3, -0.25) is 19.3 Å². The van der Waals surface area contributed by atoms with Crippen LogP contribution in [0, 0.1) is 21.3 Å². The fourth-order valence-electron chi connectivity index (χ4n) is 10.4. The second-order valence-corrected chi connectivity index (χ2v) is 23.3. The molecule has 6 aromatic rings. The Morgan fingerprint density at radius 2 is 1.39 bits per heavy atom. The number of nitrogens with zero attached hydrogens (tertiary/aromatic N) is 1. The SMILES string of the molecule is C.C.CC(C)(/C=C/C[C@@]1(C(=O)O)CC(=O)O1)OCc1ccccc1.COC1=C[C@]23CCCN2CCc2cc4c(cc2[C@@H]3C1=O)OCO4.Cc1ccc(C(C)C)cc1.O=C(Cl)c1c(Cl)cc(Cl)cc1Cl.[CH2-][C@@H](c1ccccc1)[C@@H]([NH-])c1ccccc1.[CH3-].[Ru+3]. The first-order valence-electron chi connectivity index (χ1n) is 27.4. The van der Waals surface area contributed by atoms with E-state index in [0.717, 1.165) is 66.1 Å². The summed E-state index contributed by atoms with van der Waals surface area (Å²) in [7, 11) is 1.59. The standard InChI is InChI=1S/C18H19NO4.C17H20O5.C15H15N.C10H14.C7H2Cl4O.2CH4.CH3.Ru/c1-21-15-9-18-4-2-5-19(18)6-3-11-7-13-14(23-10-22-13)8-12(11)16(18)17(15)20;1-16(2,21-12-13-7-4-3-5-8-13)9-6-10-17(15(19)20)11-14(18)22-17;1-12(13-8-4-2-5-9-13)15(16)14-10-6-3-7-11-14;1-8(2)10-6-4-9(3)5-7-10;8-3-1-4(9)6(7(11)12)5(10)2-3;;;;/h7-9,16H,2-6,10H2,1H3;3-9H,10-12H2,1-2H3,(H,19,20);2-12,15-16H,1H2;4-8H,1-3H3;1-2H;2*1H4;1H3;/q;;-2;;;;;-1;+3/b;9-6+;;;;;;;/t16-,18+;17-;12-,15+;;;;;;/m100....../s1. The average Bonchev–Trinajstić information content (AvgIpc) is 1.58. The zero-order valence-electron chi connectivity index (χ0n) is 48.8. The Bertz CT molecular complexity index is 3200. The average molecular weight is 1350 g/mol. The van der Waals surface area contributed by atoms with Crippen LogP contribution in [0.2, 0.25) is 15.1 Å². The number of aliphatic carboxylic acids is 1. The maximum absolute atomic E-state index is 13.0. The minimum absolute atomic E-state index is 0. The second kappa shape index (κ2) is 34.2. The summed E-state index contributed by atoms with van der Waals surface area (Å²) in [5.41, 5.74) is 14.4. The third-order valence-electron chi connectivity index (χ3n) is 15.1. The fraction of sp³-hybridized carbons (Fsp3) is 0.343. The summed E-state index contributed by atoms with van der Waals surface area (Å²) in [6, 6.07) is 45.0. The molecule has 1 radical (unpaired) electrons. The van der Waals surface area contributed by atoms with Crippen LogP contribution in [0.5, 0.6) is 11.5 Å². The van der Waals surface area contributed by atoms with Gasteiger partial charge in [0, 0.05) is 18.0 Å². The van der Waals surface area contributed by atoms with E-state index in [1.54, 1.807) is 19.3 Å². The van der Waals surface area contributed by atoms with Gasteiger partial charge in [0.1, 0.15) is 0 Å². The number of hydrogen-bond donors (Lipinski definition) is 1. The molecule has 5 aliphatic rings. The number of carbonyl (C=O) groups excluding carboxylic acids is 3. The summed E-state index contributed by atoms with van der Waals surface area (Å²) in [6.07, 6.45) is 8.70. The van der Waals surface area contributed by atoms with Gasteiger partial charge in [-0.05, 0) is 117 Å². The molecule has 2 saturated heterocycles. The number of cyclic esters (lactones) is 1. The van der Waals surface area contributed by atoms with Crippen molar-refractivity contribution >= 4 is 69.4 Å². The first-order valence-corrected chi connectivity index (χ1v) is 28.9. The number of esters is 1. The van der Waals surface area contributed by atoms with Crippen LogP contribution >= 0.6 is 46.4 Å². The summed E-state index contributed by atoms with van der Waals surface area (Å²) in [4.78, 5) is 48.3. The van der Waals surface area contributed by atoms with E-state index in [9.17, 15) is 19.2 Å². The van der Waals surface area contributed by atoms with Crippen molar-refractivity contribution in [3.63, 3.8) is 0 Å². The van der Waals surface area contributed by atoms with Crippen molar-refractivity contribution in [1.82, 2.24) is 4.90 Å². The fourth-order valence-corrected chi connectivity index (χ4v) is 11.7. The number of halogens is 4. The van der Waals surface area contributed by atoms with Gasteiger partial charge in [-0.15, -0.1) is 6.04 Å². The molecule has 12 nitrogen and oxygen atoms in total. The number of aryl methyl sites for hydroxylation is 1. The Kier molecular flexibility index (Phi) is 29.6. The van der Waals surface area contributed by atoms with E-state index in [0.29, 0.717) is 23.3 Å². The molecule has 0 saturated carbocycles. The molecule has 4 aliphatic heterocycles. The monoisotopic (exact) mass is 1350 g/mol. The molecule has 11 rings (SSSR count). The van der Waals surface area contributed by atoms with Crippen LogP contribution < -0.4 is 9.47 Å². The molecule has 87 heavy (non-hydrogen) atoms. The minimum Gasteiger partial charge on any atom is -0.672 e. The van der Waals surface area contributed by atoms with Crippen LogP contribution in [-0.4, -0.2) is 76.7 Å². The molecule has 0 bridgehead atoms. The molecule has 4 heterocycles. The Morgan fingerprint density at radius 1 is 0.839 bits per heavy atom. The van der Waals surface area contributed by atoms with E-state index < -0.39 is 28.4 Å². The van der Waals surface area contributed by atoms with Crippen LogP contribution in [0.25, 0.3) is 5.73 Å². The van der Waals surface area contributed by atoms with Crippen molar-refractivity contribution in [2.24, 2.45) is 0 Å². The van der Waals surface area contributed by atoms with E-state index in [1.807, 2.05) is 111 Å². The number of rotatable bonds is 13. The summed E-state index contributed by atoms with van der Waals surface area (Å²) in [5.74, 6) is 1.01. The predicted octanol–water partition coefficient (Wildman–Crippen LogP) is 18.0. The summed E-state index contributed by atoms with van der Waals surface area (Å²) >= 11 is 22.1. The number of fused-ring (bicyclic) bond motifs is 3. The molecule has 1 spiro atoms. The van der Waals surface area contributed by atoms with E-state index in [2.05, 4.69) is 69.0 Å². The number of Topliss-reactive ketones (excluding diaryl/α,β-unsaturated/α-hetero) is 1. The second-order valence-electron chi connectivity index (χ2n) is 21.7. The van der Waals surface area contributed by atoms with Crippen LogP contribution in [0.1, 0.15) is 141 Å². The van der Waals surface area contributed by atoms with Crippen LogP contribution in [0.3, 0.4) is 0 Å². The number of methoxy groups -OCH3 is 1. The largest absolute Gasteiger partial charge is 3.00 e. The third kappa shape index (κ3) is 19.3. The number of allylic oxidation sites excluding steroid dienone is 1. The first kappa shape index (κ1) is 75.4. The van der Waals surface area contributed by atoms with Crippen molar-refractivity contribution in [1.29, 1.82) is 0 Å². The van der Waals surface area contributed by atoms with Gasteiger partial charge in [0.05, 0.1) is 52.8 Å². The van der Waals surface area contributed by atoms with Gasteiger partial charge in [-0.25, -0.2) is 4.79 Å². The molecular formula is C70H81Cl4N2O10Ru. The number of carboxylic acids is 1. The Morgan fingerprint density at radius 3 is 1.92 bits per heavy atom. The Balaban J connectivity index is 0.000000290. The third-order valence-corrected chi connectivity index (χ3v) is 16.1. The van der Waals surface area contributed by atoms with Crippen molar-refractivity contribution in [3.8, 4) is 11.5 Å². The van der Waals surface area contributed by atoms with Gasteiger partial charge < -0.3 is 48.9 Å². The van der Waals surface area contributed by atoms with E-state index in [1.165, 1.54) is 28.8 Å². The van der Waals surface area contributed by atoms with Gasteiger partial charge in [-0.1, -0.05) is 208 Å². The molecule has 0 aromatic heterocycles. The first-order chi connectivity index (χ1) is 39.6. The smallest absolute Gasteiger partial charge is 0.672 e. The van der Waals surface area contributed by atoms with Gasteiger partial charge >= 0.3 is 31.4 Å². The maximum Gasteiger partial charge on any atom is 3.00 e. The van der Waals surface area contributed by atoms with Gasteiger partial charge in [0.25, 0.3) is 5.24 Å². The molecule has 2 fully saturated rings. The topological polar surface area (TPSA) is 162 Å².